The van der Waals surface area contributed by atoms with Gasteiger partial charge in [-0.2, -0.15) is 5.26 Å². The maximum atomic E-state index is 9.33. The van der Waals surface area contributed by atoms with E-state index in [-0.39, 0.29) is 5.92 Å². The number of hydrogen-bond acceptors (Lipinski definition) is 1. The Morgan fingerprint density at radius 1 is 1.00 bits per heavy atom. The maximum Gasteiger partial charge on any atom is 0.0753 e. The van der Waals surface area contributed by atoms with Crippen molar-refractivity contribution in [3.05, 3.63) is 70.2 Å². The lowest BCUT2D eigenvalue weighted by Gasteiger charge is -2.10. The molecule has 1 atom stereocenters. The van der Waals surface area contributed by atoms with Crippen LogP contribution in [0.3, 0.4) is 0 Å². The highest BCUT2D eigenvalue weighted by molar-refractivity contribution is 6.30. The van der Waals surface area contributed by atoms with Crippen LogP contribution in [0, 0.1) is 11.3 Å². The van der Waals surface area contributed by atoms with Gasteiger partial charge in [0.1, 0.15) is 0 Å². The minimum Gasteiger partial charge on any atom is -0.198 e. The topological polar surface area (TPSA) is 23.8 Å². The molecule has 0 aliphatic heterocycles. The second-order valence-corrected chi connectivity index (χ2v) is 5.04. The lowest BCUT2D eigenvalue weighted by Crippen LogP contribution is -2.00. The highest BCUT2D eigenvalue weighted by Gasteiger charge is 2.11. The van der Waals surface area contributed by atoms with Crippen molar-refractivity contribution >= 4 is 11.6 Å². The van der Waals surface area contributed by atoms with E-state index in [0.717, 1.165) is 18.4 Å². The van der Waals surface area contributed by atoms with Crippen molar-refractivity contribution in [2.75, 3.05) is 0 Å². The van der Waals surface area contributed by atoms with Gasteiger partial charge in [-0.3, -0.25) is 0 Å². The summed E-state index contributed by atoms with van der Waals surface area (Å²) < 4.78 is 0. The van der Waals surface area contributed by atoms with Crippen LogP contribution < -0.4 is 0 Å². The first kappa shape index (κ1) is 13.6. The molecular weight excluding hydrogens is 254 g/mol. The SMILES string of the molecule is CCc1ccc(CC(C#N)c2ccc(Cl)cc2)cc1. The molecule has 0 radical (unpaired) electrons. The Morgan fingerprint density at radius 3 is 2.11 bits per heavy atom. The van der Waals surface area contributed by atoms with Gasteiger partial charge in [0.15, 0.2) is 0 Å². The number of hydrogen-bond donors (Lipinski definition) is 0. The lowest BCUT2D eigenvalue weighted by atomic mass is 9.93. The summed E-state index contributed by atoms with van der Waals surface area (Å²) in [6, 6.07) is 18.4. The van der Waals surface area contributed by atoms with E-state index in [9.17, 15) is 5.26 Å². The normalized spacial score (nSPS) is 11.8. The van der Waals surface area contributed by atoms with Gasteiger partial charge in [0.2, 0.25) is 0 Å². The Hall–Kier alpha value is -1.78. The third-order valence-corrected chi connectivity index (χ3v) is 3.55. The molecule has 0 saturated heterocycles. The molecule has 0 fully saturated rings. The molecule has 0 heterocycles. The minimum atomic E-state index is -0.121. The van der Waals surface area contributed by atoms with Gasteiger partial charge in [-0.1, -0.05) is 54.9 Å². The van der Waals surface area contributed by atoms with Crippen LogP contribution in [-0.2, 0) is 12.8 Å². The van der Waals surface area contributed by atoms with Crippen molar-refractivity contribution in [2.45, 2.75) is 25.7 Å². The Bertz CT molecular complexity index is 564. The summed E-state index contributed by atoms with van der Waals surface area (Å²) >= 11 is 5.87. The first-order chi connectivity index (χ1) is 9.22. The standard InChI is InChI=1S/C17H16ClN/c1-2-13-3-5-14(6-4-13)11-16(12-19)15-7-9-17(18)10-8-15/h3-10,16H,2,11H2,1H3. The summed E-state index contributed by atoms with van der Waals surface area (Å²) in [5, 5.41) is 10.0. The first-order valence-corrected chi connectivity index (χ1v) is 6.83. The Balaban J connectivity index is 2.14. The Labute approximate surface area is 119 Å². The number of benzene rings is 2. The van der Waals surface area contributed by atoms with Crippen LogP contribution in [0.1, 0.15) is 29.5 Å². The first-order valence-electron chi connectivity index (χ1n) is 6.46. The largest absolute Gasteiger partial charge is 0.198 e. The summed E-state index contributed by atoms with van der Waals surface area (Å²) in [5.41, 5.74) is 3.54. The van der Waals surface area contributed by atoms with Crippen molar-refractivity contribution in [2.24, 2.45) is 0 Å². The van der Waals surface area contributed by atoms with E-state index in [1.807, 2.05) is 24.3 Å². The van der Waals surface area contributed by atoms with Crippen LogP contribution in [-0.4, -0.2) is 0 Å². The van der Waals surface area contributed by atoms with Gasteiger partial charge in [0.25, 0.3) is 0 Å². The van der Waals surface area contributed by atoms with Crippen LogP contribution in [0.5, 0.6) is 0 Å². The molecule has 19 heavy (non-hydrogen) atoms. The zero-order valence-electron chi connectivity index (χ0n) is 10.9. The highest BCUT2D eigenvalue weighted by Crippen LogP contribution is 2.22. The fraction of sp³-hybridized carbons (Fsp3) is 0.235. The predicted molar refractivity (Wildman–Crippen MR) is 79.3 cm³/mol. The van der Waals surface area contributed by atoms with Crippen molar-refractivity contribution in [1.29, 1.82) is 5.26 Å². The van der Waals surface area contributed by atoms with E-state index in [0.29, 0.717) is 5.02 Å². The maximum absolute atomic E-state index is 9.33. The monoisotopic (exact) mass is 269 g/mol. The van der Waals surface area contributed by atoms with Crippen molar-refractivity contribution in [3.63, 3.8) is 0 Å². The van der Waals surface area contributed by atoms with Crippen molar-refractivity contribution < 1.29 is 0 Å². The summed E-state index contributed by atoms with van der Waals surface area (Å²) in [6.45, 7) is 2.14. The molecule has 0 aromatic heterocycles. The molecule has 0 saturated carbocycles. The summed E-state index contributed by atoms with van der Waals surface area (Å²) in [6.07, 6.45) is 1.78. The van der Waals surface area contributed by atoms with Gasteiger partial charge in [-0.25, -0.2) is 0 Å². The Morgan fingerprint density at radius 2 is 1.58 bits per heavy atom. The second kappa shape index (κ2) is 6.41. The zero-order chi connectivity index (χ0) is 13.7. The van der Waals surface area contributed by atoms with Gasteiger partial charge in [-0.05, 0) is 41.7 Å². The number of aryl methyl sites for hydroxylation is 1. The van der Waals surface area contributed by atoms with Crippen LogP contribution >= 0.6 is 11.6 Å². The molecule has 0 N–H and O–H groups in total. The van der Waals surface area contributed by atoms with E-state index in [1.165, 1.54) is 11.1 Å². The molecule has 1 unspecified atom stereocenters. The molecule has 0 aliphatic rings. The number of nitriles is 1. The lowest BCUT2D eigenvalue weighted by molar-refractivity contribution is 0.848. The Kier molecular flexibility index (Phi) is 4.60. The summed E-state index contributed by atoms with van der Waals surface area (Å²) in [7, 11) is 0. The van der Waals surface area contributed by atoms with Crippen molar-refractivity contribution in [3.8, 4) is 6.07 Å². The molecule has 0 bridgehead atoms. The molecule has 0 aliphatic carbocycles. The van der Waals surface area contributed by atoms with E-state index in [4.69, 9.17) is 11.6 Å². The molecular formula is C17H16ClN. The summed E-state index contributed by atoms with van der Waals surface area (Å²) in [4.78, 5) is 0. The second-order valence-electron chi connectivity index (χ2n) is 4.61. The van der Waals surface area contributed by atoms with E-state index in [2.05, 4.69) is 37.3 Å². The van der Waals surface area contributed by atoms with Crippen LogP contribution in [0.25, 0.3) is 0 Å². The third kappa shape index (κ3) is 3.59. The fourth-order valence-corrected chi connectivity index (χ4v) is 2.21. The average Bonchev–Trinajstić information content (AvgIpc) is 2.46. The van der Waals surface area contributed by atoms with E-state index in [1.54, 1.807) is 0 Å². The van der Waals surface area contributed by atoms with Crippen LogP contribution in [0.2, 0.25) is 5.02 Å². The summed E-state index contributed by atoms with van der Waals surface area (Å²) in [5.74, 6) is -0.121. The molecule has 2 aromatic rings. The molecule has 2 rings (SSSR count). The van der Waals surface area contributed by atoms with Crippen LogP contribution in [0.15, 0.2) is 48.5 Å². The number of rotatable bonds is 4. The van der Waals surface area contributed by atoms with Gasteiger partial charge < -0.3 is 0 Å². The quantitative estimate of drug-likeness (QED) is 0.786. The average molecular weight is 270 g/mol. The molecule has 2 aromatic carbocycles. The zero-order valence-corrected chi connectivity index (χ0v) is 11.7. The third-order valence-electron chi connectivity index (χ3n) is 3.30. The molecule has 2 heteroatoms. The smallest absolute Gasteiger partial charge is 0.0753 e. The number of nitrogens with zero attached hydrogens (tertiary/aromatic N) is 1. The predicted octanol–water partition coefficient (Wildman–Crippen LogP) is 4.75. The van der Waals surface area contributed by atoms with Gasteiger partial charge in [-0.15, -0.1) is 0 Å². The van der Waals surface area contributed by atoms with Gasteiger partial charge in [0.05, 0.1) is 12.0 Å². The van der Waals surface area contributed by atoms with Gasteiger partial charge in [0, 0.05) is 5.02 Å². The van der Waals surface area contributed by atoms with Crippen molar-refractivity contribution in [1.82, 2.24) is 0 Å². The highest BCUT2D eigenvalue weighted by atomic mass is 35.5. The minimum absolute atomic E-state index is 0.121. The van der Waals surface area contributed by atoms with E-state index >= 15 is 0 Å². The van der Waals surface area contributed by atoms with Crippen LogP contribution in [0.4, 0.5) is 0 Å². The molecule has 0 amide bonds. The molecule has 0 spiro atoms. The fourth-order valence-electron chi connectivity index (χ4n) is 2.08. The molecule has 96 valence electrons. The number of halogens is 1. The van der Waals surface area contributed by atoms with Gasteiger partial charge >= 0.3 is 0 Å². The van der Waals surface area contributed by atoms with E-state index < -0.39 is 0 Å². The molecule has 1 nitrogen and oxygen atoms in total.